The van der Waals surface area contributed by atoms with Crippen LogP contribution < -0.4 is 5.73 Å². The van der Waals surface area contributed by atoms with Gasteiger partial charge in [0, 0.05) is 18.5 Å². The van der Waals surface area contributed by atoms with Gasteiger partial charge in [-0.05, 0) is 30.9 Å². The van der Waals surface area contributed by atoms with Gasteiger partial charge < -0.3 is 10.3 Å². The first kappa shape index (κ1) is 12.4. The second-order valence-electron chi connectivity index (χ2n) is 5.20. The van der Waals surface area contributed by atoms with Crippen molar-refractivity contribution in [3.63, 3.8) is 0 Å². The lowest BCUT2D eigenvalue weighted by atomic mass is 9.98. The maximum Gasteiger partial charge on any atom is 0.164 e. The molecule has 1 unspecified atom stereocenters. The Labute approximate surface area is 113 Å². The summed E-state index contributed by atoms with van der Waals surface area (Å²) in [7, 11) is 0. The Morgan fingerprint density at radius 3 is 2.95 bits per heavy atom. The van der Waals surface area contributed by atoms with E-state index in [0.29, 0.717) is 5.92 Å². The van der Waals surface area contributed by atoms with E-state index in [9.17, 15) is 0 Å². The van der Waals surface area contributed by atoms with E-state index in [4.69, 9.17) is 5.73 Å². The Balaban J connectivity index is 2.05. The minimum Gasteiger partial charge on any atom is -0.330 e. The highest BCUT2D eigenvalue weighted by Crippen LogP contribution is 2.27. The molecule has 0 spiro atoms. The van der Waals surface area contributed by atoms with Crippen molar-refractivity contribution in [1.29, 1.82) is 0 Å². The van der Waals surface area contributed by atoms with Crippen LogP contribution in [0.2, 0.25) is 0 Å². The molecule has 0 radical (unpaired) electrons. The zero-order valence-electron chi connectivity index (χ0n) is 11.3. The Kier molecular flexibility index (Phi) is 3.34. The van der Waals surface area contributed by atoms with Gasteiger partial charge in [0.05, 0.1) is 0 Å². The predicted molar refractivity (Wildman–Crippen MR) is 75.7 cm³/mol. The molecule has 1 aliphatic rings. The monoisotopic (exact) mass is 256 g/mol. The molecule has 4 heteroatoms. The van der Waals surface area contributed by atoms with Crippen molar-refractivity contribution in [2.45, 2.75) is 32.7 Å². The highest BCUT2D eigenvalue weighted by Gasteiger charge is 2.23. The van der Waals surface area contributed by atoms with Crippen LogP contribution in [0.3, 0.4) is 0 Å². The van der Waals surface area contributed by atoms with Crippen molar-refractivity contribution in [1.82, 2.24) is 14.8 Å². The maximum atomic E-state index is 5.82. The molecule has 2 heterocycles. The third kappa shape index (κ3) is 2.16. The minimum atomic E-state index is 0.552. The van der Waals surface area contributed by atoms with Crippen LogP contribution in [-0.2, 0) is 19.4 Å². The van der Waals surface area contributed by atoms with E-state index in [0.717, 1.165) is 44.0 Å². The molecule has 0 saturated heterocycles. The summed E-state index contributed by atoms with van der Waals surface area (Å²) in [5.74, 6) is 2.66. The Bertz CT molecular complexity index is 573. The fraction of sp³-hybridized carbons (Fsp3) is 0.467. The van der Waals surface area contributed by atoms with Crippen molar-refractivity contribution in [3.05, 3.63) is 35.7 Å². The van der Waals surface area contributed by atoms with E-state index in [-0.39, 0.29) is 0 Å². The van der Waals surface area contributed by atoms with Gasteiger partial charge in [-0.3, -0.25) is 0 Å². The SMILES string of the molecule is CCc1ccccc1-c1nnc2n1CC(CN)CC2. The molecule has 2 aromatic rings. The molecule has 3 rings (SSSR count). The number of fused-ring (bicyclic) bond motifs is 1. The van der Waals surface area contributed by atoms with Crippen molar-refractivity contribution in [3.8, 4) is 11.4 Å². The van der Waals surface area contributed by atoms with Crippen molar-refractivity contribution < 1.29 is 0 Å². The lowest BCUT2D eigenvalue weighted by molar-refractivity contribution is 0.375. The number of aryl methyl sites for hydroxylation is 2. The lowest BCUT2D eigenvalue weighted by Gasteiger charge is -2.23. The third-order valence-corrected chi connectivity index (χ3v) is 4.02. The number of benzene rings is 1. The Morgan fingerprint density at radius 2 is 2.16 bits per heavy atom. The number of hydrogen-bond donors (Lipinski definition) is 1. The third-order valence-electron chi connectivity index (χ3n) is 4.02. The topological polar surface area (TPSA) is 56.7 Å². The van der Waals surface area contributed by atoms with Crippen LogP contribution in [0.1, 0.15) is 24.7 Å². The molecule has 1 aromatic carbocycles. The Hall–Kier alpha value is -1.68. The number of rotatable bonds is 3. The average molecular weight is 256 g/mol. The highest BCUT2D eigenvalue weighted by atomic mass is 15.3. The van der Waals surface area contributed by atoms with Gasteiger partial charge >= 0.3 is 0 Å². The van der Waals surface area contributed by atoms with Crippen LogP contribution in [0.4, 0.5) is 0 Å². The van der Waals surface area contributed by atoms with E-state index >= 15 is 0 Å². The van der Waals surface area contributed by atoms with Gasteiger partial charge in [-0.15, -0.1) is 10.2 Å². The second-order valence-corrected chi connectivity index (χ2v) is 5.20. The van der Waals surface area contributed by atoms with Crippen LogP contribution in [0, 0.1) is 5.92 Å². The first-order valence-electron chi connectivity index (χ1n) is 7.04. The van der Waals surface area contributed by atoms with Crippen LogP contribution in [0.25, 0.3) is 11.4 Å². The summed E-state index contributed by atoms with van der Waals surface area (Å²) in [5.41, 5.74) is 8.36. The summed E-state index contributed by atoms with van der Waals surface area (Å²) in [6.45, 7) is 3.87. The molecule has 4 nitrogen and oxygen atoms in total. The van der Waals surface area contributed by atoms with Gasteiger partial charge in [-0.25, -0.2) is 0 Å². The Morgan fingerprint density at radius 1 is 1.32 bits per heavy atom. The second kappa shape index (κ2) is 5.13. The normalized spacial score (nSPS) is 18.3. The summed E-state index contributed by atoms with van der Waals surface area (Å²) >= 11 is 0. The standard InChI is InChI=1S/C15H20N4/c1-2-12-5-3-4-6-13(12)15-18-17-14-8-7-11(9-16)10-19(14)15/h3-6,11H,2,7-10,16H2,1H3. The van der Waals surface area contributed by atoms with Gasteiger partial charge in [0.15, 0.2) is 5.82 Å². The van der Waals surface area contributed by atoms with Gasteiger partial charge in [0.2, 0.25) is 0 Å². The zero-order valence-corrected chi connectivity index (χ0v) is 11.3. The molecule has 0 bridgehead atoms. The summed E-state index contributed by atoms with van der Waals surface area (Å²) < 4.78 is 2.26. The predicted octanol–water partition coefficient (Wildman–Crippen LogP) is 2.03. The van der Waals surface area contributed by atoms with Crippen LogP contribution in [-0.4, -0.2) is 21.3 Å². The van der Waals surface area contributed by atoms with Gasteiger partial charge in [-0.2, -0.15) is 0 Å². The first-order chi connectivity index (χ1) is 9.33. The molecule has 2 N–H and O–H groups in total. The van der Waals surface area contributed by atoms with Crippen molar-refractivity contribution >= 4 is 0 Å². The van der Waals surface area contributed by atoms with E-state index in [1.807, 2.05) is 0 Å². The van der Waals surface area contributed by atoms with Gasteiger partial charge in [0.1, 0.15) is 5.82 Å². The largest absolute Gasteiger partial charge is 0.330 e. The number of nitrogens with zero attached hydrogens (tertiary/aromatic N) is 3. The molecular weight excluding hydrogens is 236 g/mol. The van der Waals surface area contributed by atoms with Gasteiger partial charge in [0.25, 0.3) is 0 Å². The van der Waals surface area contributed by atoms with Crippen LogP contribution in [0.5, 0.6) is 0 Å². The molecule has 0 amide bonds. The van der Waals surface area contributed by atoms with E-state index in [2.05, 4.69) is 46.0 Å². The highest BCUT2D eigenvalue weighted by molar-refractivity contribution is 5.60. The maximum absolute atomic E-state index is 5.82. The van der Waals surface area contributed by atoms with Crippen LogP contribution >= 0.6 is 0 Å². The number of hydrogen-bond acceptors (Lipinski definition) is 3. The molecule has 1 aromatic heterocycles. The first-order valence-corrected chi connectivity index (χ1v) is 7.04. The molecular formula is C15H20N4. The van der Waals surface area contributed by atoms with E-state index in [1.165, 1.54) is 11.1 Å². The summed E-state index contributed by atoms with van der Waals surface area (Å²) in [6.07, 6.45) is 3.13. The average Bonchev–Trinajstić information content (AvgIpc) is 2.89. The zero-order chi connectivity index (χ0) is 13.2. The van der Waals surface area contributed by atoms with E-state index < -0.39 is 0 Å². The smallest absolute Gasteiger partial charge is 0.164 e. The molecule has 1 aliphatic heterocycles. The quantitative estimate of drug-likeness (QED) is 0.914. The summed E-state index contributed by atoms with van der Waals surface area (Å²) in [4.78, 5) is 0. The summed E-state index contributed by atoms with van der Waals surface area (Å²) in [6, 6.07) is 8.46. The number of nitrogens with two attached hydrogens (primary N) is 1. The molecule has 1 atom stereocenters. The summed E-state index contributed by atoms with van der Waals surface area (Å²) in [5, 5.41) is 8.77. The molecule has 19 heavy (non-hydrogen) atoms. The van der Waals surface area contributed by atoms with Crippen LogP contribution in [0.15, 0.2) is 24.3 Å². The van der Waals surface area contributed by atoms with E-state index in [1.54, 1.807) is 0 Å². The van der Waals surface area contributed by atoms with Crippen molar-refractivity contribution in [2.75, 3.05) is 6.54 Å². The number of aromatic nitrogens is 3. The molecule has 100 valence electrons. The molecule has 0 fully saturated rings. The fourth-order valence-corrected chi connectivity index (χ4v) is 2.83. The lowest BCUT2D eigenvalue weighted by Crippen LogP contribution is -2.26. The minimum absolute atomic E-state index is 0.552. The molecule has 0 aliphatic carbocycles. The van der Waals surface area contributed by atoms with Crippen molar-refractivity contribution in [2.24, 2.45) is 11.7 Å². The molecule has 0 saturated carbocycles. The van der Waals surface area contributed by atoms with Gasteiger partial charge in [-0.1, -0.05) is 31.2 Å². The fourth-order valence-electron chi connectivity index (χ4n) is 2.83.